The van der Waals surface area contributed by atoms with Gasteiger partial charge in [-0.3, -0.25) is 15.5 Å². The summed E-state index contributed by atoms with van der Waals surface area (Å²) in [6, 6.07) is 3.68. The van der Waals surface area contributed by atoms with Gasteiger partial charge in [0.1, 0.15) is 12.9 Å². The van der Waals surface area contributed by atoms with Crippen molar-refractivity contribution in [2.75, 3.05) is 19.1 Å². The summed E-state index contributed by atoms with van der Waals surface area (Å²) < 4.78 is 4.86. The molecule has 0 saturated carbocycles. The summed E-state index contributed by atoms with van der Waals surface area (Å²) in [6.07, 6.45) is 1.85. The molecule has 0 aliphatic heterocycles. The zero-order valence-electron chi connectivity index (χ0n) is 13.6. The molecule has 0 aliphatic rings. The van der Waals surface area contributed by atoms with Gasteiger partial charge in [-0.1, -0.05) is 12.7 Å². The van der Waals surface area contributed by atoms with Gasteiger partial charge in [0, 0.05) is 19.9 Å². The second kappa shape index (κ2) is 9.83. The number of carbonyl (C=O) groups excluding carboxylic acids is 4. The van der Waals surface area contributed by atoms with Gasteiger partial charge in [-0.05, 0) is 18.2 Å². The van der Waals surface area contributed by atoms with Gasteiger partial charge in [0.2, 0.25) is 0 Å². The molecule has 1 aromatic carbocycles. The first-order chi connectivity index (χ1) is 11.9. The zero-order valence-corrected chi connectivity index (χ0v) is 13.6. The van der Waals surface area contributed by atoms with Crippen LogP contribution in [0.2, 0.25) is 0 Å². The van der Waals surface area contributed by atoms with Gasteiger partial charge in [0.15, 0.2) is 0 Å². The molecule has 0 aromatic heterocycles. The van der Waals surface area contributed by atoms with E-state index in [2.05, 4.69) is 6.58 Å². The van der Waals surface area contributed by atoms with E-state index < -0.39 is 17.8 Å². The van der Waals surface area contributed by atoms with Gasteiger partial charge >= 0.3 is 11.9 Å². The van der Waals surface area contributed by atoms with E-state index in [1.165, 1.54) is 31.3 Å². The van der Waals surface area contributed by atoms with Crippen molar-refractivity contribution < 1.29 is 34.0 Å². The van der Waals surface area contributed by atoms with Crippen LogP contribution in [-0.2, 0) is 19.2 Å². The molecule has 9 heteroatoms. The number of anilines is 1. The third-order valence-electron chi connectivity index (χ3n) is 2.91. The molecule has 1 amide bonds. The minimum absolute atomic E-state index is 0.00390. The van der Waals surface area contributed by atoms with Gasteiger partial charge in [0.25, 0.3) is 5.91 Å². The van der Waals surface area contributed by atoms with E-state index in [4.69, 9.17) is 14.8 Å². The van der Waals surface area contributed by atoms with Crippen molar-refractivity contribution in [3.63, 3.8) is 0 Å². The molecule has 0 aliphatic carbocycles. The molecule has 2 N–H and O–H groups in total. The van der Waals surface area contributed by atoms with E-state index in [1.807, 2.05) is 5.48 Å². The number of nitrogens with one attached hydrogen (secondary N) is 1. The van der Waals surface area contributed by atoms with Crippen LogP contribution in [0.25, 0.3) is 0 Å². The average Bonchev–Trinajstić information content (AvgIpc) is 2.63. The Morgan fingerprint density at radius 1 is 1.24 bits per heavy atom. The van der Waals surface area contributed by atoms with Gasteiger partial charge in [-0.15, -0.1) is 0 Å². The van der Waals surface area contributed by atoms with Gasteiger partial charge in [0.05, 0.1) is 16.8 Å². The molecular weight excluding hydrogens is 332 g/mol. The number of hydroxylamine groups is 2. The standard InChI is InChI=1S/C16H18N2O7/c1-3-7-24-15(21)11-8-12(10-13(9-11)17-23)16(22)25-18(2)14(20)5-4-6-19/h3,6,8-10,17,23H,1,4-5,7H2,2H3. The van der Waals surface area contributed by atoms with Crippen molar-refractivity contribution in [2.24, 2.45) is 0 Å². The molecule has 0 unspecified atom stereocenters. The molecule has 0 fully saturated rings. The first-order valence-electron chi connectivity index (χ1n) is 7.18. The van der Waals surface area contributed by atoms with Crippen LogP contribution in [0.15, 0.2) is 30.9 Å². The highest BCUT2D eigenvalue weighted by Crippen LogP contribution is 2.17. The molecule has 9 nitrogen and oxygen atoms in total. The topological polar surface area (TPSA) is 122 Å². The van der Waals surface area contributed by atoms with Crippen molar-refractivity contribution in [2.45, 2.75) is 12.8 Å². The highest BCUT2D eigenvalue weighted by Gasteiger charge is 2.19. The fourth-order valence-corrected chi connectivity index (χ4v) is 1.71. The van der Waals surface area contributed by atoms with E-state index in [9.17, 15) is 19.2 Å². The molecule has 1 aromatic rings. The molecular formula is C16H18N2O7. The van der Waals surface area contributed by atoms with Crippen molar-refractivity contribution in [3.05, 3.63) is 42.0 Å². The van der Waals surface area contributed by atoms with Crippen LogP contribution in [0.5, 0.6) is 0 Å². The molecule has 1 rings (SSSR count). The number of esters is 1. The molecule has 0 radical (unpaired) electrons. The van der Waals surface area contributed by atoms with E-state index in [0.29, 0.717) is 11.3 Å². The predicted octanol–water partition coefficient (Wildman–Crippen LogP) is 1.34. The zero-order chi connectivity index (χ0) is 18.8. The lowest BCUT2D eigenvalue weighted by molar-refractivity contribution is -0.161. The fraction of sp³-hybridized carbons (Fsp3) is 0.250. The lowest BCUT2D eigenvalue weighted by Gasteiger charge is -2.16. The smallest absolute Gasteiger partial charge is 0.363 e. The maximum atomic E-state index is 12.1. The summed E-state index contributed by atoms with van der Waals surface area (Å²) >= 11 is 0. The molecule has 0 saturated heterocycles. The molecule has 0 bridgehead atoms. The first-order valence-corrected chi connectivity index (χ1v) is 7.18. The lowest BCUT2D eigenvalue weighted by atomic mass is 10.1. The van der Waals surface area contributed by atoms with E-state index >= 15 is 0 Å². The first kappa shape index (κ1) is 19.8. The third kappa shape index (κ3) is 6.07. The summed E-state index contributed by atoms with van der Waals surface area (Å²) in [5.74, 6) is -2.24. The fourth-order valence-electron chi connectivity index (χ4n) is 1.71. The normalized spacial score (nSPS) is 9.68. The monoisotopic (exact) mass is 350 g/mol. The summed E-state index contributed by atoms with van der Waals surface area (Å²) in [7, 11) is 1.22. The number of aldehydes is 1. The minimum atomic E-state index is -0.933. The van der Waals surface area contributed by atoms with Crippen molar-refractivity contribution in [1.29, 1.82) is 0 Å². The van der Waals surface area contributed by atoms with Gasteiger partial charge in [-0.25, -0.2) is 9.59 Å². The Kier molecular flexibility index (Phi) is 7.80. The maximum absolute atomic E-state index is 12.1. The number of ether oxygens (including phenoxy) is 1. The molecule has 0 spiro atoms. The number of amides is 1. The van der Waals surface area contributed by atoms with Crippen LogP contribution in [0.1, 0.15) is 33.6 Å². The SMILES string of the molecule is C=CCOC(=O)c1cc(NO)cc(C(=O)ON(C)C(=O)CCC=O)c1. The minimum Gasteiger partial charge on any atom is -0.458 e. The van der Waals surface area contributed by atoms with Gasteiger partial charge in [-0.2, -0.15) is 5.06 Å². The van der Waals surface area contributed by atoms with Crippen LogP contribution in [0.3, 0.4) is 0 Å². The lowest BCUT2D eigenvalue weighted by Crippen LogP contribution is -2.29. The molecule has 25 heavy (non-hydrogen) atoms. The highest BCUT2D eigenvalue weighted by atomic mass is 16.7. The summed E-state index contributed by atoms with van der Waals surface area (Å²) in [5.41, 5.74) is 1.76. The quantitative estimate of drug-likeness (QED) is 0.312. The Labute approximate surface area is 143 Å². The summed E-state index contributed by atoms with van der Waals surface area (Å²) in [6.45, 7) is 3.39. The second-order valence-electron chi connectivity index (χ2n) is 4.77. The predicted molar refractivity (Wildman–Crippen MR) is 85.8 cm³/mol. The van der Waals surface area contributed by atoms with Crippen LogP contribution >= 0.6 is 0 Å². The van der Waals surface area contributed by atoms with Crippen molar-refractivity contribution in [1.82, 2.24) is 5.06 Å². The number of nitrogens with zero attached hydrogens (tertiary/aromatic N) is 1. The maximum Gasteiger partial charge on any atom is 0.363 e. The van der Waals surface area contributed by atoms with Crippen LogP contribution < -0.4 is 5.48 Å². The Bertz CT molecular complexity index is 672. The Balaban J connectivity index is 2.93. The number of carbonyl (C=O) groups is 4. The molecule has 134 valence electrons. The largest absolute Gasteiger partial charge is 0.458 e. The van der Waals surface area contributed by atoms with E-state index in [0.717, 1.165) is 0 Å². The number of benzene rings is 1. The number of rotatable bonds is 8. The highest BCUT2D eigenvalue weighted by molar-refractivity contribution is 5.97. The average molecular weight is 350 g/mol. The van der Waals surface area contributed by atoms with Crippen LogP contribution in [0.4, 0.5) is 5.69 Å². The summed E-state index contributed by atoms with van der Waals surface area (Å²) in [5, 5.41) is 9.72. The number of hydrogen-bond acceptors (Lipinski definition) is 8. The second-order valence-corrected chi connectivity index (χ2v) is 4.77. The van der Waals surface area contributed by atoms with Crippen molar-refractivity contribution >= 4 is 29.8 Å². The van der Waals surface area contributed by atoms with E-state index in [-0.39, 0.29) is 36.3 Å². The molecule has 0 heterocycles. The number of hydrogen-bond donors (Lipinski definition) is 2. The van der Waals surface area contributed by atoms with Gasteiger partial charge < -0.3 is 14.4 Å². The summed E-state index contributed by atoms with van der Waals surface area (Å²) in [4.78, 5) is 50.8. The van der Waals surface area contributed by atoms with Crippen LogP contribution in [0, 0.1) is 0 Å². The van der Waals surface area contributed by atoms with Crippen LogP contribution in [-0.4, -0.2) is 48.1 Å². The van der Waals surface area contributed by atoms with E-state index in [1.54, 1.807) is 0 Å². The Morgan fingerprint density at radius 2 is 1.88 bits per heavy atom. The van der Waals surface area contributed by atoms with Crippen molar-refractivity contribution in [3.8, 4) is 0 Å². The third-order valence-corrected chi connectivity index (χ3v) is 2.91. The Hall–Kier alpha value is -3.20. The molecule has 0 atom stereocenters. The Morgan fingerprint density at radius 3 is 2.44 bits per heavy atom.